The van der Waals surface area contributed by atoms with Crippen LogP contribution in [0.15, 0.2) is 30.3 Å². The Kier molecular flexibility index (Phi) is 3.70. The lowest BCUT2D eigenvalue weighted by Crippen LogP contribution is -2.52. The third-order valence-electron chi connectivity index (χ3n) is 4.08. The number of nitrogens with zero attached hydrogens (tertiary/aromatic N) is 3. The van der Waals surface area contributed by atoms with E-state index >= 15 is 0 Å². The predicted molar refractivity (Wildman–Crippen MR) is 76.6 cm³/mol. The maximum Gasteiger partial charge on any atom is 0.251 e. The first-order valence-electron chi connectivity index (χ1n) is 7.06. The highest BCUT2D eigenvalue weighted by Gasteiger charge is 2.43. The lowest BCUT2D eigenvalue weighted by molar-refractivity contribution is -0.124. The second-order valence-corrected chi connectivity index (χ2v) is 5.30. The van der Waals surface area contributed by atoms with E-state index in [-0.39, 0.29) is 18.2 Å². The highest BCUT2D eigenvalue weighted by molar-refractivity contribution is 6.22. The smallest absolute Gasteiger partial charge is 0.251 e. The fourth-order valence-corrected chi connectivity index (χ4v) is 2.90. The summed E-state index contributed by atoms with van der Waals surface area (Å²) in [7, 11) is 0. The number of carbonyl (C=O) groups excluding carboxylic acids is 3. The summed E-state index contributed by atoms with van der Waals surface area (Å²) in [6, 6.07) is 8.61. The molecule has 2 aliphatic rings. The van der Waals surface area contributed by atoms with Gasteiger partial charge in [-0.05, 0) is 12.1 Å². The van der Waals surface area contributed by atoms with Gasteiger partial charge >= 0.3 is 0 Å². The van der Waals surface area contributed by atoms with Gasteiger partial charge in [-0.2, -0.15) is 0 Å². The van der Waals surface area contributed by atoms with Crippen LogP contribution < -0.4 is 4.90 Å². The van der Waals surface area contributed by atoms with Gasteiger partial charge in [0, 0.05) is 26.2 Å². The van der Waals surface area contributed by atoms with Crippen LogP contribution in [0, 0.1) is 0 Å². The first-order chi connectivity index (χ1) is 10.2. The highest BCUT2D eigenvalue weighted by atomic mass is 16.2. The third kappa shape index (κ3) is 2.54. The number of anilines is 1. The Labute approximate surface area is 122 Å². The molecule has 0 N–H and O–H groups in total. The molecule has 2 heterocycles. The van der Waals surface area contributed by atoms with Crippen molar-refractivity contribution in [2.75, 3.05) is 31.1 Å². The summed E-state index contributed by atoms with van der Waals surface area (Å²) < 4.78 is 0. The molecule has 2 aliphatic heterocycles. The van der Waals surface area contributed by atoms with Gasteiger partial charge in [-0.3, -0.25) is 19.3 Å². The Hall–Kier alpha value is -2.21. The summed E-state index contributed by atoms with van der Waals surface area (Å²) >= 11 is 0. The summed E-state index contributed by atoms with van der Waals surface area (Å²) in [6.07, 6.45) is 1.05. The van der Waals surface area contributed by atoms with E-state index in [2.05, 4.69) is 0 Å². The Morgan fingerprint density at radius 2 is 1.67 bits per heavy atom. The molecule has 0 saturated carbocycles. The predicted octanol–water partition coefficient (Wildman–Crippen LogP) is 0.0925. The zero-order valence-electron chi connectivity index (χ0n) is 11.6. The molecule has 0 aliphatic carbocycles. The van der Waals surface area contributed by atoms with E-state index in [1.54, 1.807) is 17.0 Å². The zero-order valence-corrected chi connectivity index (χ0v) is 11.6. The Morgan fingerprint density at radius 1 is 1.00 bits per heavy atom. The standard InChI is InChI=1S/C15H17N3O3/c19-11-16-6-8-17(9-7-16)13-10-14(20)18(15(13)21)12-4-2-1-3-5-12/h1-5,11,13H,6-10H2/t13-/m0/s1. The van der Waals surface area contributed by atoms with Crippen molar-refractivity contribution in [3.8, 4) is 0 Å². The van der Waals surface area contributed by atoms with Crippen molar-refractivity contribution in [2.45, 2.75) is 12.5 Å². The molecular weight excluding hydrogens is 270 g/mol. The first-order valence-corrected chi connectivity index (χ1v) is 7.06. The minimum absolute atomic E-state index is 0.158. The second-order valence-electron chi connectivity index (χ2n) is 5.30. The number of hydrogen-bond acceptors (Lipinski definition) is 4. The molecule has 0 bridgehead atoms. The number of amides is 3. The van der Waals surface area contributed by atoms with Crippen LogP contribution in [-0.2, 0) is 14.4 Å². The number of hydrogen-bond donors (Lipinski definition) is 0. The van der Waals surface area contributed by atoms with Gasteiger partial charge in [0.2, 0.25) is 12.3 Å². The quantitative estimate of drug-likeness (QED) is 0.584. The lowest BCUT2D eigenvalue weighted by Gasteiger charge is -2.35. The average Bonchev–Trinajstić information content (AvgIpc) is 2.83. The molecule has 21 heavy (non-hydrogen) atoms. The van der Waals surface area contributed by atoms with Crippen molar-refractivity contribution in [1.29, 1.82) is 0 Å². The summed E-state index contributed by atoms with van der Waals surface area (Å²) in [6.45, 7) is 2.47. The van der Waals surface area contributed by atoms with E-state index in [9.17, 15) is 14.4 Å². The van der Waals surface area contributed by atoms with Crippen molar-refractivity contribution < 1.29 is 14.4 Å². The van der Waals surface area contributed by atoms with Gasteiger partial charge in [0.15, 0.2) is 0 Å². The molecule has 2 saturated heterocycles. The zero-order chi connectivity index (χ0) is 14.8. The SMILES string of the molecule is O=CN1CCN([C@H]2CC(=O)N(c3ccccc3)C2=O)CC1. The molecular formula is C15H17N3O3. The number of carbonyl (C=O) groups is 3. The van der Waals surface area contributed by atoms with Crippen LogP contribution in [0.1, 0.15) is 6.42 Å². The molecule has 1 aromatic rings. The molecule has 110 valence electrons. The Morgan fingerprint density at radius 3 is 2.29 bits per heavy atom. The van der Waals surface area contributed by atoms with Crippen LogP contribution in [0.5, 0.6) is 0 Å². The molecule has 3 rings (SSSR count). The van der Waals surface area contributed by atoms with E-state index in [4.69, 9.17) is 0 Å². The number of rotatable bonds is 3. The van der Waals surface area contributed by atoms with Gasteiger partial charge < -0.3 is 4.90 Å². The van der Waals surface area contributed by atoms with E-state index in [1.807, 2.05) is 23.1 Å². The molecule has 0 spiro atoms. The maximum atomic E-state index is 12.5. The molecule has 2 fully saturated rings. The molecule has 0 unspecified atom stereocenters. The number of imide groups is 1. The fourth-order valence-electron chi connectivity index (χ4n) is 2.90. The molecule has 1 atom stereocenters. The number of piperazine rings is 1. The molecule has 3 amide bonds. The van der Waals surface area contributed by atoms with E-state index < -0.39 is 6.04 Å². The second kappa shape index (κ2) is 5.65. The van der Waals surface area contributed by atoms with Gasteiger partial charge in [-0.1, -0.05) is 18.2 Å². The number of benzene rings is 1. The Bertz CT molecular complexity index is 553. The van der Waals surface area contributed by atoms with Crippen LogP contribution >= 0.6 is 0 Å². The largest absolute Gasteiger partial charge is 0.343 e. The summed E-state index contributed by atoms with van der Waals surface area (Å²) in [5.41, 5.74) is 0.626. The van der Waals surface area contributed by atoms with Gasteiger partial charge in [-0.15, -0.1) is 0 Å². The molecule has 0 radical (unpaired) electrons. The van der Waals surface area contributed by atoms with Crippen LogP contribution in [-0.4, -0.2) is 60.2 Å². The van der Waals surface area contributed by atoms with Crippen LogP contribution in [0.25, 0.3) is 0 Å². The van der Waals surface area contributed by atoms with E-state index in [0.717, 1.165) is 6.41 Å². The molecule has 1 aromatic carbocycles. The average molecular weight is 287 g/mol. The van der Waals surface area contributed by atoms with Crippen LogP contribution in [0.4, 0.5) is 5.69 Å². The third-order valence-corrected chi connectivity index (χ3v) is 4.08. The maximum absolute atomic E-state index is 12.5. The summed E-state index contributed by atoms with van der Waals surface area (Å²) in [4.78, 5) is 40.4. The van der Waals surface area contributed by atoms with Crippen molar-refractivity contribution in [3.63, 3.8) is 0 Å². The van der Waals surface area contributed by atoms with Gasteiger partial charge in [0.1, 0.15) is 0 Å². The van der Waals surface area contributed by atoms with Crippen molar-refractivity contribution in [2.24, 2.45) is 0 Å². The normalized spacial score (nSPS) is 23.7. The summed E-state index contributed by atoms with van der Waals surface area (Å²) in [5, 5.41) is 0. The monoisotopic (exact) mass is 287 g/mol. The minimum Gasteiger partial charge on any atom is -0.343 e. The van der Waals surface area contributed by atoms with E-state index in [1.165, 1.54) is 4.90 Å². The van der Waals surface area contributed by atoms with Crippen LogP contribution in [0.2, 0.25) is 0 Å². The van der Waals surface area contributed by atoms with Crippen molar-refractivity contribution >= 4 is 23.9 Å². The fraction of sp³-hybridized carbons (Fsp3) is 0.400. The van der Waals surface area contributed by atoms with Crippen molar-refractivity contribution in [1.82, 2.24) is 9.80 Å². The highest BCUT2D eigenvalue weighted by Crippen LogP contribution is 2.25. The molecule has 6 heteroatoms. The van der Waals surface area contributed by atoms with Crippen molar-refractivity contribution in [3.05, 3.63) is 30.3 Å². The molecule has 6 nitrogen and oxygen atoms in total. The first kappa shape index (κ1) is 13.8. The van der Waals surface area contributed by atoms with Gasteiger partial charge in [-0.25, -0.2) is 4.90 Å². The lowest BCUT2D eigenvalue weighted by atomic mass is 10.2. The van der Waals surface area contributed by atoms with Crippen LogP contribution in [0.3, 0.4) is 0 Å². The Balaban J connectivity index is 1.74. The van der Waals surface area contributed by atoms with E-state index in [0.29, 0.717) is 31.9 Å². The minimum atomic E-state index is -0.397. The molecule has 0 aromatic heterocycles. The van der Waals surface area contributed by atoms with Gasteiger partial charge in [0.25, 0.3) is 5.91 Å². The van der Waals surface area contributed by atoms with Gasteiger partial charge in [0.05, 0.1) is 18.2 Å². The number of para-hydroxylation sites is 1. The topological polar surface area (TPSA) is 60.9 Å². The summed E-state index contributed by atoms with van der Waals surface area (Å²) in [5.74, 6) is -0.320.